The van der Waals surface area contributed by atoms with Gasteiger partial charge in [0.15, 0.2) is 5.96 Å². The predicted octanol–water partition coefficient (Wildman–Crippen LogP) is 2.99. The average Bonchev–Trinajstić information content (AvgIpc) is 2.21. The first-order valence-corrected chi connectivity index (χ1v) is 6.51. The molecular weight excluding hydrogens is 370 g/mol. The van der Waals surface area contributed by atoms with Crippen LogP contribution in [0.2, 0.25) is 0 Å². The lowest BCUT2D eigenvalue weighted by Gasteiger charge is -2.36. The fourth-order valence-electron chi connectivity index (χ4n) is 2.47. The van der Waals surface area contributed by atoms with E-state index < -0.39 is 12.1 Å². The van der Waals surface area contributed by atoms with Gasteiger partial charge in [0.05, 0.1) is 12.0 Å². The highest BCUT2D eigenvalue weighted by atomic mass is 127. The molecule has 2 N–H and O–H groups in total. The molecule has 2 rings (SSSR count). The number of nitrogens with zero attached hydrogens (tertiary/aromatic N) is 2. The van der Waals surface area contributed by atoms with Crippen LogP contribution in [0.4, 0.5) is 13.2 Å². The Kier molecular flexibility index (Phi) is 5.76. The van der Waals surface area contributed by atoms with E-state index in [0.29, 0.717) is 11.9 Å². The molecule has 0 radical (unpaired) electrons. The minimum Gasteiger partial charge on any atom is -0.370 e. The summed E-state index contributed by atoms with van der Waals surface area (Å²) in [5.74, 6) is -0.0553. The Hall–Kier alpha value is -0.210. The van der Waals surface area contributed by atoms with Crippen LogP contribution in [-0.4, -0.2) is 36.2 Å². The number of hydrogen-bond donors (Lipinski definition) is 1. The molecule has 0 bridgehead atoms. The maximum atomic E-state index is 12.3. The molecule has 1 saturated carbocycles. The van der Waals surface area contributed by atoms with Gasteiger partial charge in [-0.3, -0.25) is 0 Å². The van der Waals surface area contributed by atoms with Crippen LogP contribution >= 0.6 is 24.0 Å². The Labute approximate surface area is 128 Å². The van der Waals surface area contributed by atoms with Gasteiger partial charge < -0.3 is 10.6 Å². The van der Waals surface area contributed by atoms with Gasteiger partial charge in [-0.05, 0) is 31.6 Å². The van der Waals surface area contributed by atoms with Gasteiger partial charge in [-0.25, -0.2) is 4.99 Å². The molecule has 2 fully saturated rings. The molecule has 0 aromatic rings. The predicted molar refractivity (Wildman–Crippen MR) is 79.6 cm³/mol. The second-order valence-corrected chi connectivity index (χ2v) is 5.52. The molecule has 0 unspecified atom stereocenters. The average molecular weight is 391 g/mol. The Morgan fingerprint density at radius 2 is 1.74 bits per heavy atom. The molecule has 0 aromatic heterocycles. The maximum absolute atomic E-state index is 12.3. The molecule has 0 atom stereocenters. The minimum absolute atomic E-state index is 0. The molecule has 0 spiro atoms. The van der Waals surface area contributed by atoms with Gasteiger partial charge in [-0.1, -0.05) is 6.92 Å². The third-order valence-corrected chi connectivity index (χ3v) is 4.00. The van der Waals surface area contributed by atoms with E-state index in [-0.39, 0.29) is 42.9 Å². The van der Waals surface area contributed by atoms with E-state index in [1.54, 1.807) is 0 Å². The monoisotopic (exact) mass is 391 g/mol. The molecule has 7 heteroatoms. The number of hydrogen-bond acceptors (Lipinski definition) is 1. The normalized spacial score (nSPS) is 29.7. The van der Waals surface area contributed by atoms with Crippen molar-refractivity contribution in [3.05, 3.63) is 0 Å². The van der Waals surface area contributed by atoms with Crippen LogP contribution in [0.1, 0.15) is 32.6 Å². The zero-order chi connectivity index (χ0) is 13.3. The summed E-state index contributed by atoms with van der Waals surface area (Å²) in [6, 6.07) is -0.240. The standard InChI is InChI=1S/C12H20F3N3.HI/c1-8-2-4-18(5-3-8)11(16)17-10-6-9(7-10)12(13,14)15;/h8-10H,2-7H2,1H3,(H2,16,17);1H. The zero-order valence-electron chi connectivity index (χ0n) is 11.0. The van der Waals surface area contributed by atoms with Crippen molar-refractivity contribution in [2.75, 3.05) is 13.1 Å². The quantitative estimate of drug-likeness (QED) is 0.424. The van der Waals surface area contributed by atoms with E-state index in [1.165, 1.54) is 0 Å². The van der Waals surface area contributed by atoms with Crippen molar-refractivity contribution in [2.24, 2.45) is 22.6 Å². The lowest BCUT2D eigenvalue weighted by Crippen LogP contribution is -2.45. The summed E-state index contributed by atoms with van der Waals surface area (Å²) in [6.07, 6.45) is -1.73. The van der Waals surface area contributed by atoms with Crippen LogP contribution < -0.4 is 5.73 Å². The van der Waals surface area contributed by atoms with Crippen molar-refractivity contribution in [1.82, 2.24) is 4.90 Å². The van der Waals surface area contributed by atoms with Gasteiger partial charge in [-0.2, -0.15) is 13.2 Å². The van der Waals surface area contributed by atoms with E-state index in [9.17, 15) is 13.2 Å². The van der Waals surface area contributed by atoms with Gasteiger partial charge in [0, 0.05) is 13.1 Å². The van der Waals surface area contributed by atoms with Crippen molar-refractivity contribution in [3.8, 4) is 0 Å². The molecule has 3 nitrogen and oxygen atoms in total. The SMILES string of the molecule is CC1CCN(C(N)=NC2CC(C(F)(F)F)C2)CC1.I. The Bertz CT molecular complexity index is 319. The van der Waals surface area contributed by atoms with Crippen LogP contribution in [0.25, 0.3) is 0 Å². The first-order valence-electron chi connectivity index (χ1n) is 6.51. The third-order valence-electron chi connectivity index (χ3n) is 4.00. The van der Waals surface area contributed by atoms with Gasteiger partial charge in [0.1, 0.15) is 0 Å². The van der Waals surface area contributed by atoms with Crippen molar-refractivity contribution < 1.29 is 13.2 Å². The highest BCUT2D eigenvalue weighted by molar-refractivity contribution is 14.0. The topological polar surface area (TPSA) is 41.6 Å². The van der Waals surface area contributed by atoms with Crippen LogP contribution in [0, 0.1) is 11.8 Å². The van der Waals surface area contributed by atoms with Crippen molar-refractivity contribution in [1.29, 1.82) is 0 Å². The fraction of sp³-hybridized carbons (Fsp3) is 0.917. The summed E-state index contributed by atoms with van der Waals surface area (Å²) in [6.45, 7) is 3.93. The number of piperidine rings is 1. The Morgan fingerprint density at radius 1 is 1.21 bits per heavy atom. The molecule has 0 aromatic carbocycles. The molecule has 1 saturated heterocycles. The van der Waals surface area contributed by atoms with Crippen LogP contribution in [0.5, 0.6) is 0 Å². The number of aliphatic imine (C=N–C) groups is 1. The molecule has 112 valence electrons. The lowest BCUT2D eigenvalue weighted by atomic mass is 9.80. The molecule has 2 aliphatic rings. The Balaban J connectivity index is 0.00000180. The second-order valence-electron chi connectivity index (χ2n) is 5.52. The van der Waals surface area contributed by atoms with Gasteiger partial charge in [-0.15, -0.1) is 24.0 Å². The molecule has 1 aliphatic heterocycles. The molecule has 1 aliphatic carbocycles. The second kappa shape index (κ2) is 6.49. The van der Waals surface area contributed by atoms with E-state index in [4.69, 9.17) is 5.73 Å². The third kappa shape index (κ3) is 4.39. The number of nitrogens with two attached hydrogens (primary N) is 1. The number of alkyl halides is 3. The van der Waals surface area contributed by atoms with E-state index in [1.807, 2.05) is 4.90 Å². The summed E-state index contributed by atoms with van der Waals surface area (Å²) >= 11 is 0. The van der Waals surface area contributed by atoms with Gasteiger partial charge in [0.25, 0.3) is 0 Å². The molecule has 19 heavy (non-hydrogen) atoms. The highest BCUT2D eigenvalue weighted by Crippen LogP contribution is 2.42. The van der Waals surface area contributed by atoms with Gasteiger partial charge >= 0.3 is 6.18 Å². The molecular formula is C12H21F3IN3. The highest BCUT2D eigenvalue weighted by Gasteiger charge is 2.48. The van der Waals surface area contributed by atoms with Gasteiger partial charge in [0.2, 0.25) is 0 Å². The van der Waals surface area contributed by atoms with Crippen molar-refractivity contribution >= 4 is 29.9 Å². The maximum Gasteiger partial charge on any atom is 0.391 e. The van der Waals surface area contributed by atoms with E-state index >= 15 is 0 Å². The van der Waals surface area contributed by atoms with E-state index in [0.717, 1.165) is 25.9 Å². The largest absolute Gasteiger partial charge is 0.391 e. The number of rotatable bonds is 1. The summed E-state index contributed by atoms with van der Waals surface area (Å²) in [4.78, 5) is 6.20. The van der Waals surface area contributed by atoms with E-state index in [2.05, 4.69) is 11.9 Å². The van der Waals surface area contributed by atoms with Crippen LogP contribution in [0.15, 0.2) is 4.99 Å². The summed E-state index contributed by atoms with van der Waals surface area (Å²) < 4.78 is 37.0. The number of halogens is 4. The van der Waals surface area contributed by atoms with Crippen molar-refractivity contribution in [3.63, 3.8) is 0 Å². The zero-order valence-corrected chi connectivity index (χ0v) is 13.3. The summed E-state index contributed by atoms with van der Waals surface area (Å²) in [7, 11) is 0. The van der Waals surface area contributed by atoms with Crippen LogP contribution in [-0.2, 0) is 0 Å². The summed E-state index contributed by atoms with van der Waals surface area (Å²) in [5, 5.41) is 0. The minimum atomic E-state index is -4.07. The first-order chi connectivity index (χ1) is 8.36. The molecule has 1 heterocycles. The fourth-order valence-corrected chi connectivity index (χ4v) is 2.47. The number of guanidine groups is 1. The molecule has 0 amide bonds. The first kappa shape index (κ1) is 16.8. The summed E-state index contributed by atoms with van der Waals surface area (Å²) in [5.41, 5.74) is 5.85. The Morgan fingerprint density at radius 3 is 2.21 bits per heavy atom. The lowest BCUT2D eigenvalue weighted by molar-refractivity contribution is -0.196. The smallest absolute Gasteiger partial charge is 0.370 e. The van der Waals surface area contributed by atoms with Crippen LogP contribution in [0.3, 0.4) is 0 Å². The number of likely N-dealkylation sites (tertiary alicyclic amines) is 1. The van der Waals surface area contributed by atoms with Crippen molar-refractivity contribution in [2.45, 2.75) is 44.8 Å².